The van der Waals surface area contributed by atoms with Crippen LogP contribution in [0.3, 0.4) is 0 Å². The summed E-state index contributed by atoms with van der Waals surface area (Å²) in [5.41, 5.74) is 7.43. The summed E-state index contributed by atoms with van der Waals surface area (Å²) in [6.07, 6.45) is 12.6. The molecule has 2 heterocycles. The third-order valence-electron chi connectivity index (χ3n) is 9.77. The summed E-state index contributed by atoms with van der Waals surface area (Å²) in [6, 6.07) is 26.9. The molecule has 0 fully saturated rings. The molecule has 0 bridgehead atoms. The maximum Gasteiger partial charge on any atom is 0.340 e. The number of benzene rings is 4. The van der Waals surface area contributed by atoms with E-state index in [4.69, 9.17) is 9.47 Å². The van der Waals surface area contributed by atoms with Gasteiger partial charge in [0.05, 0.1) is 5.56 Å². The van der Waals surface area contributed by atoms with Crippen LogP contribution in [0.4, 0.5) is 17.1 Å². The quantitative estimate of drug-likeness (QED) is 0.105. The first-order valence-electron chi connectivity index (χ1n) is 17.8. The standard InChI is InChI=1S/C42H50N2O3/c1-5-7-9-11-15-24-44(25-16-12-10-8-6-2)33-22-23-36-40(28-33)46-39-27-31(4)38(43-32-19-17-18-30(3)26-32)29-37(39)42(36)35-21-14-13-20-34(35)41(45)47-42/h13-14,17-23,26-29,43H,5-12,15-16,24-25H2,1-4H3. The van der Waals surface area contributed by atoms with Crippen molar-refractivity contribution in [3.05, 3.63) is 112 Å². The van der Waals surface area contributed by atoms with Gasteiger partial charge in [0.2, 0.25) is 0 Å². The maximum absolute atomic E-state index is 13.5. The fourth-order valence-electron chi connectivity index (χ4n) is 7.20. The molecule has 5 heteroatoms. The van der Waals surface area contributed by atoms with Crippen LogP contribution in [-0.2, 0) is 10.3 Å². The van der Waals surface area contributed by atoms with Crippen molar-refractivity contribution < 1.29 is 14.3 Å². The van der Waals surface area contributed by atoms with Gasteiger partial charge in [-0.15, -0.1) is 0 Å². The number of aryl methyl sites for hydroxylation is 2. The first kappa shape index (κ1) is 32.7. The van der Waals surface area contributed by atoms with Crippen molar-refractivity contribution in [2.75, 3.05) is 23.3 Å². The Kier molecular flexibility index (Phi) is 10.2. The second-order valence-corrected chi connectivity index (χ2v) is 13.4. The number of rotatable bonds is 15. The number of carbonyl (C=O) groups excluding carboxylic acids is 1. The minimum atomic E-state index is -1.10. The van der Waals surface area contributed by atoms with Crippen LogP contribution >= 0.6 is 0 Å². The Morgan fingerprint density at radius 3 is 2.11 bits per heavy atom. The molecule has 0 saturated carbocycles. The highest BCUT2D eigenvalue weighted by molar-refractivity contribution is 5.97. The maximum atomic E-state index is 13.5. The van der Waals surface area contributed by atoms with Gasteiger partial charge in [0, 0.05) is 52.9 Å². The zero-order valence-corrected chi connectivity index (χ0v) is 28.7. The normalized spacial score (nSPS) is 15.9. The highest BCUT2D eigenvalue weighted by Crippen LogP contribution is 2.57. The molecule has 0 aromatic heterocycles. The number of esters is 1. The van der Waals surface area contributed by atoms with Gasteiger partial charge >= 0.3 is 5.97 Å². The van der Waals surface area contributed by atoms with Crippen molar-refractivity contribution in [1.29, 1.82) is 0 Å². The van der Waals surface area contributed by atoms with Crippen molar-refractivity contribution in [3.8, 4) is 11.5 Å². The minimum absolute atomic E-state index is 0.307. The molecule has 1 N–H and O–H groups in total. The number of ether oxygens (including phenoxy) is 2. The molecular formula is C42H50N2O3. The number of nitrogens with one attached hydrogen (secondary N) is 1. The monoisotopic (exact) mass is 630 g/mol. The molecule has 246 valence electrons. The van der Waals surface area contributed by atoms with E-state index >= 15 is 0 Å². The first-order chi connectivity index (χ1) is 22.9. The molecular weight excluding hydrogens is 580 g/mol. The summed E-state index contributed by atoms with van der Waals surface area (Å²) >= 11 is 0. The Labute approximate surface area is 281 Å². The van der Waals surface area contributed by atoms with E-state index in [1.54, 1.807) is 0 Å². The molecule has 2 aliphatic rings. The van der Waals surface area contributed by atoms with Crippen LogP contribution in [0.25, 0.3) is 0 Å². The fourth-order valence-corrected chi connectivity index (χ4v) is 7.20. The van der Waals surface area contributed by atoms with Gasteiger partial charge in [-0.2, -0.15) is 0 Å². The SMILES string of the molecule is CCCCCCCN(CCCCCCC)c1ccc2c(c1)Oc1cc(C)c(Nc3cccc(C)c3)cc1C21OC(=O)c2ccccc21. The number of carbonyl (C=O) groups is 1. The van der Waals surface area contributed by atoms with Gasteiger partial charge in [-0.05, 0) is 80.3 Å². The van der Waals surface area contributed by atoms with Gasteiger partial charge < -0.3 is 19.7 Å². The first-order valence-corrected chi connectivity index (χ1v) is 17.8. The van der Waals surface area contributed by atoms with E-state index in [9.17, 15) is 4.79 Å². The summed E-state index contributed by atoms with van der Waals surface area (Å²) in [5.74, 6) is 1.16. The van der Waals surface area contributed by atoms with Crippen molar-refractivity contribution >= 4 is 23.0 Å². The van der Waals surface area contributed by atoms with Gasteiger partial charge in [0.15, 0.2) is 5.60 Å². The lowest BCUT2D eigenvalue weighted by atomic mass is 9.77. The van der Waals surface area contributed by atoms with Gasteiger partial charge in [-0.1, -0.05) is 95.5 Å². The number of fused-ring (bicyclic) bond motifs is 6. The van der Waals surface area contributed by atoms with Crippen LogP contribution in [0.15, 0.2) is 78.9 Å². The summed E-state index contributed by atoms with van der Waals surface area (Å²) in [5, 5.41) is 3.61. The average Bonchev–Trinajstić information content (AvgIpc) is 3.36. The summed E-state index contributed by atoms with van der Waals surface area (Å²) < 4.78 is 13.3. The van der Waals surface area contributed by atoms with E-state index in [-0.39, 0.29) is 5.97 Å². The Hall–Kier alpha value is -4.25. The number of nitrogens with zero attached hydrogens (tertiary/aromatic N) is 1. The Morgan fingerprint density at radius 2 is 1.38 bits per heavy atom. The predicted molar refractivity (Wildman–Crippen MR) is 194 cm³/mol. The molecule has 47 heavy (non-hydrogen) atoms. The number of anilines is 3. The Bertz CT molecular complexity index is 1700. The lowest BCUT2D eigenvalue weighted by molar-refractivity contribution is 0.0224. The third-order valence-corrected chi connectivity index (χ3v) is 9.77. The van der Waals surface area contributed by atoms with E-state index < -0.39 is 5.60 Å². The molecule has 2 aliphatic heterocycles. The van der Waals surface area contributed by atoms with E-state index in [0.29, 0.717) is 5.56 Å². The molecule has 4 aromatic rings. The lowest BCUT2D eigenvalue weighted by Gasteiger charge is -2.38. The number of hydrogen-bond donors (Lipinski definition) is 1. The van der Waals surface area contributed by atoms with Crippen LogP contribution in [0.1, 0.15) is 116 Å². The molecule has 1 spiro atoms. The topological polar surface area (TPSA) is 50.8 Å². The second kappa shape index (κ2) is 14.7. The Morgan fingerprint density at radius 1 is 0.681 bits per heavy atom. The minimum Gasteiger partial charge on any atom is -0.456 e. The Balaban J connectivity index is 1.39. The third kappa shape index (κ3) is 6.76. The van der Waals surface area contributed by atoms with Crippen molar-refractivity contribution in [2.24, 2.45) is 0 Å². The smallest absolute Gasteiger partial charge is 0.340 e. The predicted octanol–water partition coefficient (Wildman–Crippen LogP) is 11.4. The summed E-state index contributed by atoms with van der Waals surface area (Å²) in [7, 11) is 0. The van der Waals surface area contributed by atoms with Crippen molar-refractivity contribution in [1.82, 2.24) is 0 Å². The van der Waals surface area contributed by atoms with Crippen LogP contribution in [0.5, 0.6) is 11.5 Å². The van der Waals surface area contributed by atoms with Crippen LogP contribution in [-0.4, -0.2) is 19.1 Å². The van der Waals surface area contributed by atoms with E-state index in [0.717, 1.165) is 58.2 Å². The lowest BCUT2D eigenvalue weighted by Crippen LogP contribution is -2.33. The van der Waals surface area contributed by atoms with Gasteiger partial charge in [-0.3, -0.25) is 0 Å². The van der Waals surface area contributed by atoms with Crippen LogP contribution < -0.4 is 15.0 Å². The molecule has 0 radical (unpaired) electrons. The summed E-state index contributed by atoms with van der Waals surface area (Å²) in [4.78, 5) is 16.1. The van der Waals surface area contributed by atoms with Crippen LogP contribution in [0, 0.1) is 13.8 Å². The molecule has 0 amide bonds. The number of hydrogen-bond acceptors (Lipinski definition) is 5. The van der Waals surface area contributed by atoms with Gasteiger partial charge in [0.25, 0.3) is 0 Å². The van der Waals surface area contributed by atoms with Gasteiger partial charge in [-0.25, -0.2) is 4.79 Å². The van der Waals surface area contributed by atoms with E-state index in [1.807, 2.05) is 24.3 Å². The zero-order valence-electron chi connectivity index (χ0n) is 28.7. The molecule has 5 nitrogen and oxygen atoms in total. The second-order valence-electron chi connectivity index (χ2n) is 13.4. The molecule has 6 rings (SSSR count). The molecule has 4 aromatic carbocycles. The van der Waals surface area contributed by atoms with E-state index in [2.05, 4.69) is 92.5 Å². The molecule has 1 atom stereocenters. The van der Waals surface area contributed by atoms with Crippen molar-refractivity contribution in [2.45, 2.75) is 97.5 Å². The molecule has 1 unspecified atom stereocenters. The zero-order chi connectivity index (χ0) is 32.8. The van der Waals surface area contributed by atoms with Crippen molar-refractivity contribution in [3.63, 3.8) is 0 Å². The summed E-state index contributed by atoms with van der Waals surface area (Å²) in [6.45, 7) is 10.8. The van der Waals surface area contributed by atoms with Gasteiger partial charge in [0.1, 0.15) is 11.5 Å². The van der Waals surface area contributed by atoms with E-state index in [1.165, 1.54) is 75.5 Å². The van der Waals surface area contributed by atoms with Crippen LogP contribution in [0.2, 0.25) is 0 Å². The fraction of sp³-hybridized carbons (Fsp3) is 0.405. The highest BCUT2D eigenvalue weighted by atomic mass is 16.6. The highest BCUT2D eigenvalue weighted by Gasteiger charge is 2.53. The average molecular weight is 631 g/mol. The molecule has 0 aliphatic carbocycles. The molecule has 0 saturated heterocycles. The number of unbranched alkanes of at least 4 members (excludes halogenated alkanes) is 8. The largest absolute Gasteiger partial charge is 0.456 e.